The summed E-state index contributed by atoms with van der Waals surface area (Å²) in [4.78, 5) is 0. The van der Waals surface area contributed by atoms with Crippen molar-refractivity contribution in [2.75, 3.05) is 6.16 Å². The van der Waals surface area contributed by atoms with Gasteiger partial charge in [0.2, 0.25) is 0 Å². The van der Waals surface area contributed by atoms with Crippen molar-refractivity contribution in [2.24, 2.45) is 0 Å². The van der Waals surface area contributed by atoms with Crippen molar-refractivity contribution in [3.8, 4) is 0 Å². The fourth-order valence-electron chi connectivity index (χ4n) is 1.96. The third-order valence-corrected chi connectivity index (χ3v) is 6.16. The van der Waals surface area contributed by atoms with Gasteiger partial charge in [-0.2, -0.15) is 0 Å². The van der Waals surface area contributed by atoms with E-state index in [0.29, 0.717) is 12.3 Å². The van der Waals surface area contributed by atoms with Gasteiger partial charge in [-0.25, -0.2) is 0 Å². The second-order valence-electron chi connectivity index (χ2n) is 4.18. The molecule has 0 saturated carbocycles. The molecule has 0 saturated heterocycles. The molecular weight excluding hydrogens is 227 g/mol. The van der Waals surface area contributed by atoms with Crippen LogP contribution < -0.4 is 5.30 Å². The average molecular weight is 244 g/mol. The van der Waals surface area contributed by atoms with Crippen LogP contribution in [0.3, 0.4) is 0 Å². The van der Waals surface area contributed by atoms with Crippen molar-refractivity contribution in [3.05, 3.63) is 66.2 Å². The van der Waals surface area contributed by atoms with Crippen LogP contribution in [-0.4, -0.2) is 6.16 Å². The molecule has 0 bridgehead atoms. The molecule has 1 nitrogen and oxygen atoms in total. The van der Waals surface area contributed by atoms with Crippen LogP contribution in [0.15, 0.2) is 60.7 Å². The van der Waals surface area contributed by atoms with Gasteiger partial charge in [-0.15, -0.1) is 0 Å². The minimum Gasteiger partial charge on any atom is -0.318 e. The molecule has 0 amide bonds. The molecule has 17 heavy (non-hydrogen) atoms. The van der Waals surface area contributed by atoms with Gasteiger partial charge in [0.05, 0.1) is 0 Å². The van der Waals surface area contributed by atoms with Gasteiger partial charge in [0.1, 0.15) is 7.14 Å². The molecule has 0 aromatic heterocycles. The maximum atomic E-state index is 13.0. The smallest absolute Gasteiger partial charge is 0.119 e. The summed E-state index contributed by atoms with van der Waals surface area (Å²) in [6, 6.07) is 19.9. The first-order valence-corrected chi connectivity index (χ1v) is 8.00. The van der Waals surface area contributed by atoms with Crippen LogP contribution in [0.1, 0.15) is 12.5 Å². The van der Waals surface area contributed by atoms with Gasteiger partial charge in [-0.05, 0) is 5.56 Å². The summed E-state index contributed by atoms with van der Waals surface area (Å²) in [7, 11) is -2.27. The van der Waals surface area contributed by atoms with Crippen molar-refractivity contribution in [1.29, 1.82) is 0 Å². The van der Waals surface area contributed by atoms with E-state index in [2.05, 4.69) is 0 Å². The van der Waals surface area contributed by atoms with Gasteiger partial charge in [0.15, 0.2) is 0 Å². The van der Waals surface area contributed by atoms with Crippen LogP contribution in [0.4, 0.5) is 0 Å². The van der Waals surface area contributed by atoms with Gasteiger partial charge >= 0.3 is 0 Å². The molecule has 1 atom stereocenters. The summed E-state index contributed by atoms with van der Waals surface area (Å²) < 4.78 is 13.0. The van der Waals surface area contributed by atoms with Crippen molar-refractivity contribution in [2.45, 2.75) is 13.1 Å². The number of hydrogen-bond donors (Lipinski definition) is 0. The first-order valence-electron chi connectivity index (χ1n) is 5.92. The maximum Gasteiger partial charge on any atom is 0.119 e. The Morgan fingerprint density at radius 3 is 1.94 bits per heavy atom. The molecule has 0 aliphatic rings. The van der Waals surface area contributed by atoms with Crippen molar-refractivity contribution >= 4 is 12.4 Å². The van der Waals surface area contributed by atoms with E-state index in [1.165, 1.54) is 0 Å². The van der Waals surface area contributed by atoms with E-state index < -0.39 is 7.14 Å². The summed E-state index contributed by atoms with van der Waals surface area (Å²) in [5, 5.41) is 0.992. The van der Waals surface area contributed by atoms with E-state index in [4.69, 9.17) is 0 Å². The average Bonchev–Trinajstić information content (AvgIpc) is 2.41. The fourth-order valence-corrected chi connectivity index (χ4v) is 4.25. The summed E-state index contributed by atoms with van der Waals surface area (Å²) in [6.45, 7) is 2.01. The third-order valence-electron chi connectivity index (χ3n) is 3.02. The van der Waals surface area contributed by atoms with Crippen LogP contribution in [0.25, 0.3) is 0 Å². The Morgan fingerprint density at radius 1 is 0.882 bits per heavy atom. The van der Waals surface area contributed by atoms with Gasteiger partial charge < -0.3 is 4.57 Å². The Hall–Kier alpha value is -1.33. The molecule has 0 spiro atoms. The van der Waals surface area contributed by atoms with Crippen LogP contribution in [0.5, 0.6) is 0 Å². The summed E-state index contributed by atoms with van der Waals surface area (Å²) >= 11 is 0. The summed E-state index contributed by atoms with van der Waals surface area (Å²) in [5.74, 6) is 0. The van der Waals surface area contributed by atoms with Crippen molar-refractivity contribution in [1.82, 2.24) is 0 Å². The molecule has 88 valence electrons. The lowest BCUT2D eigenvalue weighted by atomic mass is 10.2. The van der Waals surface area contributed by atoms with Gasteiger partial charge in [0, 0.05) is 17.6 Å². The highest BCUT2D eigenvalue weighted by Crippen LogP contribution is 2.47. The van der Waals surface area contributed by atoms with Crippen molar-refractivity contribution < 1.29 is 4.57 Å². The lowest BCUT2D eigenvalue weighted by molar-refractivity contribution is 0.581. The van der Waals surface area contributed by atoms with Gasteiger partial charge in [0.25, 0.3) is 0 Å². The van der Waals surface area contributed by atoms with E-state index in [-0.39, 0.29) is 0 Å². The molecule has 0 fully saturated rings. The zero-order valence-corrected chi connectivity index (χ0v) is 10.9. The standard InChI is InChI=1S/C15H17OP/c1-2-17(16,15-11-7-4-8-12-15)13-14-9-5-3-6-10-14/h3-12H,2,13H2,1H3. The summed E-state index contributed by atoms with van der Waals surface area (Å²) in [6.07, 6.45) is 1.38. The molecular formula is C15H17OP. The number of rotatable bonds is 4. The van der Waals surface area contributed by atoms with Crippen molar-refractivity contribution in [3.63, 3.8) is 0 Å². The number of benzene rings is 2. The molecule has 2 rings (SSSR count). The second kappa shape index (κ2) is 5.33. The molecule has 0 aliphatic carbocycles. The van der Waals surface area contributed by atoms with Gasteiger partial charge in [-0.3, -0.25) is 0 Å². The highest BCUT2D eigenvalue weighted by Gasteiger charge is 2.22. The molecule has 0 aliphatic heterocycles. The largest absolute Gasteiger partial charge is 0.318 e. The molecule has 2 aromatic carbocycles. The van der Waals surface area contributed by atoms with E-state index in [1.54, 1.807) is 0 Å². The summed E-state index contributed by atoms with van der Waals surface area (Å²) in [5.41, 5.74) is 1.15. The predicted molar refractivity (Wildman–Crippen MR) is 74.4 cm³/mol. The molecule has 1 unspecified atom stereocenters. The Morgan fingerprint density at radius 2 is 1.41 bits per heavy atom. The topological polar surface area (TPSA) is 17.1 Å². The predicted octanol–water partition coefficient (Wildman–Crippen LogP) is 3.90. The molecule has 2 aromatic rings. The Bertz CT molecular complexity index is 505. The lowest BCUT2D eigenvalue weighted by Gasteiger charge is -2.16. The molecule has 2 heteroatoms. The molecule has 0 N–H and O–H groups in total. The maximum absolute atomic E-state index is 13.0. The quantitative estimate of drug-likeness (QED) is 0.745. The van der Waals surface area contributed by atoms with E-state index in [0.717, 1.165) is 10.9 Å². The van der Waals surface area contributed by atoms with Gasteiger partial charge in [-0.1, -0.05) is 67.6 Å². The third kappa shape index (κ3) is 2.87. The van der Waals surface area contributed by atoms with Crippen LogP contribution in [0.2, 0.25) is 0 Å². The highest BCUT2D eigenvalue weighted by molar-refractivity contribution is 7.70. The Balaban J connectivity index is 2.30. The first-order chi connectivity index (χ1) is 8.24. The highest BCUT2D eigenvalue weighted by atomic mass is 31.2. The molecule has 0 radical (unpaired) electrons. The second-order valence-corrected chi connectivity index (χ2v) is 7.43. The molecule has 0 heterocycles. The van der Waals surface area contributed by atoms with E-state index >= 15 is 0 Å². The lowest BCUT2D eigenvalue weighted by Crippen LogP contribution is -2.08. The van der Waals surface area contributed by atoms with Crippen LogP contribution >= 0.6 is 7.14 Å². The Labute approximate surface area is 103 Å². The van der Waals surface area contributed by atoms with E-state index in [9.17, 15) is 4.57 Å². The van der Waals surface area contributed by atoms with Crippen LogP contribution in [0, 0.1) is 0 Å². The fraction of sp³-hybridized carbons (Fsp3) is 0.200. The number of hydrogen-bond acceptors (Lipinski definition) is 1. The Kier molecular flexibility index (Phi) is 3.81. The zero-order valence-electron chi connectivity index (χ0n) is 10.0. The normalized spacial score (nSPS) is 14.2. The zero-order chi connectivity index (χ0) is 12.1. The van der Waals surface area contributed by atoms with Crippen LogP contribution in [-0.2, 0) is 10.7 Å². The minimum absolute atomic E-state index is 0.661. The monoisotopic (exact) mass is 244 g/mol. The van der Waals surface area contributed by atoms with E-state index in [1.807, 2.05) is 67.6 Å². The SMILES string of the molecule is CCP(=O)(Cc1ccccc1)c1ccccc1. The minimum atomic E-state index is -2.27. The first kappa shape index (κ1) is 12.1.